The van der Waals surface area contributed by atoms with Crippen molar-refractivity contribution in [1.82, 2.24) is 34.4 Å². The van der Waals surface area contributed by atoms with E-state index in [0.717, 1.165) is 18.8 Å². The molecule has 9 nitrogen and oxygen atoms in total. The van der Waals surface area contributed by atoms with Crippen molar-refractivity contribution < 1.29 is 4.74 Å². The Balaban J connectivity index is 1.38. The van der Waals surface area contributed by atoms with Crippen LogP contribution in [0.3, 0.4) is 0 Å². The fourth-order valence-corrected chi connectivity index (χ4v) is 3.66. The molecule has 0 bridgehead atoms. The number of morpholine rings is 1. The number of fused-ring (bicyclic) bond motifs is 1. The molecule has 1 aliphatic rings. The van der Waals surface area contributed by atoms with Gasteiger partial charge in [-0.05, 0) is 18.2 Å². The van der Waals surface area contributed by atoms with Crippen LogP contribution < -0.4 is 5.56 Å². The van der Waals surface area contributed by atoms with Crippen molar-refractivity contribution >= 4 is 11.0 Å². The number of hydrogen-bond donors (Lipinski definition) is 1. The number of benzene rings is 1. The van der Waals surface area contributed by atoms with E-state index in [-0.39, 0.29) is 11.7 Å². The maximum atomic E-state index is 12.6. The fourth-order valence-electron chi connectivity index (χ4n) is 3.66. The summed E-state index contributed by atoms with van der Waals surface area (Å²) in [5.74, 6) is 0.625. The molecule has 1 atom stereocenters. The second-order valence-corrected chi connectivity index (χ2v) is 7.10. The molecule has 1 aliphatic heterocycles. The molecule has 1 unspecified atom stereocenters. The molecule has 4 heterocycles. The van der Waals surface area contributed by atoms with Crippen LogP contribution in [0, 0.1) is 0 Å². The van der Waals surface area contributed by atoms with E-state index in [1.807, 2.05) is 47.3 Å². The Bertz CT molecular complexity index is 1150. The van der Waals surface area contributed by atoms with Gasteiger partial charge in [0.25, 0.3) is 5.56 Å². The van der Waals surface area contributed by atoms with Gasteiger partial charge in [-0.15, -0.1) is 0 Å². The zero-order valence-corrected chi connectivity index (χ0v) is 15.8. The molecule has 148 valence electrons. The van der Waals surface area contributed by atoms with Gasteiger partial charge in [-0.1, -0.05) is 18.2 Å². The summed E-state index contributed by atoms with van der Waals surface area (Å²) in [6.07, 6.45) is 5.31. The number of H-pyrrole nitrogens is 1. The Morgan fingerprint density at radius 2 is 2.07 bits per heavy atom. The van der Waals surface area contributed by atoms with E-state index < -0.39 is 0 Å². The van der Waals surface area contributed by atoms with Crippen LogP contribution in [-0.2, 0) is 17.8 Å². The van der Waals surface area contributed by atoms with Gasteiger partial charge in [0.15, 0.2) is 5.65 Å². The van der Waals surface area contributed by atoms with Gasteiger partial charge in [0.2, 0.25) is 0 Å². The highest BCUT2D eigenvalue weighted by Gasteiger charge is 2.22. The SMILES string of the molecule is O=c1[nH]c(CN2CCOC(Cn3cccn3)C2)nc2c1cnn2-c1ccccc1. The molecule has 1 fully saturated rings. The van der Waals surface area contributed by atoms with E-state index in [2.05, 4.69) is 20.1 Å². The smallest absolute Gasteiger partial charge is 0.262 e. The summed E-state index contributed by atoms with van der Waals surface area (Å²) in [5.41, 5.74) is 1.27. The van der Waals surface area contributed by atoms with Crippen molar-refractivity contribution in [2.24, 2.45) is 0 Å². The standard InChI is InChI=1S/C20H21N7O2/c28-20-17-11-22-27(15-5-2-1-3-6-15)19(17)23-18(24-20)14-25-9-10-29-16(12-25)13-26-8-4-7-21-26/h1-8,11,16H,9-10,12-14H2,(H,23,24,28). The molecule has 1 aromatic carbocycles. The molecule has 0 radical (unpaired) electrons. The highest BCUT2D eigenvalue weighted by Crippen LogP contribution is 2.15. The molecular weight excluding hydrogens is 370 g/mol. The quantitative estimate of drug-likeness (QED) is 0.550. The van der Waals surface area contributed by atoms with Gasteiger partial charge in [-0.2, -0.15) is 10.2 Å². The number of ether oxygens (including phenoxy) is 1. The van der Waals surface area contributed by atoms with Crippen LogP contribution in [-0.4, -0.2) is 60.2 Å². The second-order valence-electron chi connectivity index (χ2n) is 7.10. The maximum Gasteiger partial charge on any atom is 0.262 e. The zero-order chi connectivity index (χ0) is 19.6. The molecule has 3 aromatic heterocycles. The van der Waals surface area contributed by atoms with Crippen LogP contribution in [0.15, 0.2) is 59.8 Å². The Hall–Kier alpha value is -3.30. The third kappa shape index (κ3) is 3.69. The van der Waals surface area contributed by atoms with Gasteiger partial charge in [0, 0.05) is 25.5 Å². The van der Waals surface area contributed by atoms with E-state index in [0.29, 0.717) is 36.6 Å². The minimum Gasteiger partial charge on any atom is -0.374 e. The van der Waals surface area contributed by atoms with E-state index in [1.165, 1.54) is 0 Å². The Labute approximate surface area is 166 Å². The molecule has 29 heavy (non-hydrogen) atoms. The fraction of sp³-hybridized carbons (Fsp3) is 0.300. The summed E-state index contributed by atoms with van der Waals surface area (Å²) in [6, 6.07) is 11.6. The molecule has 9 heteroatoms. The normalized spacial score (nSPS) is 17.7. The van der Waals surface area contributed by atoms with Crippen LogP contribution in [0.1, 0.15) is 5.82 Å². The number of nitrogens with one attached hydrogen (secondary N) is 1. The van der Waals surface area contributed by atoms with Gasteiger partial charge < -0.3 is 9.72 Å². The minimum absolute atomic E-state index is 0.0500. The van der Waals surface area contributed by atoms with Gasteiger partial charge in [-0.3, -0.25) is 14.4 Å². The molecule has 1 saturated heterocycles. The Morgan fingerprint density at radius 1 is 1.17 bits per heavy atom. The maximum absolute atomic E-state index is 12.6. The monoisotopic (exact) mass is 391 g/mol. The third-order valence-electron chi connectivity index (χ3n) is 5.03. The van der Waals surface area contributed by atoms with E-state index in [9.17, 15) is 4.79 Å². The average molecular weight is 391 g/mol. The first-order valence-electron chi connectivity index (χ1n) is 9.60. The summed E-state index contributed by atoms with van der Waals surface area (Å²) in [5, 5.41) is 9.09. The molecule has 0 saturated carbocycles. The first-order valence-corrected chi connectivity index (χ1v) is 9.60. The average Bonchev–Trinajstić information content (AvgIpc) is 3.39. The topological polar surface area (TPSA) is 93.9 Å². The van der Waals surface area contributed by atoms with Gasteiger partial charge in [0.05, 0.1) is 37.7 Å². The minimum atomic E-state index is -0.173. The lowest BCUT2D eigenvalue weighted by atomic mass is 10.2. The van der Waals surface area contributed by atoms with Crippen LogP contribution in [0.2, 0.25) is 0 Å². The van der Waals surface area contributed by atoms with Crippen molar-refractivity contribution in [2.45, 2.75) is 19.2 Å². The predicted octanol–water partition coefficient (Wildman–Crippen LogP) is 1.21. The first-order chi connectivity index (χ1) is 14.3. The summed E-state index contributed by atoms with van der Waals surface area (Å²) >= 11 is 0. The summed E-state index contributed by atoms with van der Waals surface area (Å²) in [6.45, 7) is 3.42. The number of aromatic amines is 1. The number of nitrogens with zero attached hydrogens (tertiary/aromatic N) is 6. The summed E-state index contributed by atoms with van der Waals surface area (Å²) < 4.78 is 9.44. The molecule has 0 spiro atoms. The van der Waals surface area contributed by atoms with Gasteiger partial charge >= 0.3 is 0 Å². The highest BCUT2D eigenvalue weighted by molar-refractivity contribution is 5.75. The molecule has 4 aromatic rings. The van der Waals surface area contributed by atoms with Crippen LogP contribution in [0.25, 0.3) is 16.7 Å². The zero-order valence-electron chi connectivity index (χ0n) is 15.8. The van der Waals surface area contributed by atoms with Gasteiger partial charge in [-0.25, -0.2) is 9.67 Å². The predicted molar refractivity (Wildman–Crippen MR) is 107 cm³/mol. The summed E-state index contributed by atoms with van der Waals surface area (Å²) in [7, 11) is 0. The van der Waals surface area contributed by atoms with Crippen molar-refractivity contribution in [3.63, 3.8) is 0 Å². The molecular formula is C20H21N7O2. The van der Waals surface area contributed by atoms with E-state index in [1.54, 1.807) is 17.1 Å². The van der Waals surface area contributed by atoms with Crippen molar-refractivity contribution in [1.29, 1.82) is 0 Å². The van der Waals surface area contributed by atoms with Crippen LogP contribution in [0.4, 0.5) is 0 Å². The largest absolute Gasteiger partial charge is 0.374 e. The van der Waals surface area contributed by atoms with E-state index >= 15 is 0 Å². The van der Waals surface area contributed by atoms with Crippen molar-refractivity contribution in [3.05, 3.63) is 71.2 Å². The van der Waals surface area contributed by atoms with Crippen LogP contribution >= 0.6 is 0 Å². The summed E-state index contributed by atoms with van der Waals surface area (Å²) in [4.78, 5) is 22.4. The van der Waals surface area contributed by atoms with E-state index in [4.69, 9.17) is 9.72 Å². The lowest BCUT2D eigenvalue weighted by Gasteiger charge is -2.32. The lowest BCUT2D eigenvalue weighted by molar-refractivity contribution is -0.0409. The Morgan fingerprint density at radius 3 is 2.90 bits per heavy atom. The van der Waals surface area contributed by atoms with Crippen LogP contribution in [0.5, 0.6) is 0 Å². The van der Waals surface area contributed by atoms with Gasteiger partial charge in [0.1, 0.15) is 11.2 Å². The van der Waals surface area contributed by atoms with Crippen molar-refractivity contribution in [2.75, 3.05) is 19.7 Å². The number of rotatable bonds is 5. The third-order valence-corrected chi connectivity index (χ3v) is 5.03. The van der Waals surface area contributed by atoms with Crippen molar-refractivity contribution in [3.8, 4) is 5.69 Å². The molecule has 0 amide bonds. The molecule has 1 N–H and O–H groups in total. The lowest BCUT2D eigenvalue weighted by Crippen LogP contribution is -2.44. The molecule has 0 aliphatic carbocycles. The highest BCUT2D eigenvalue weighted by atomic mass is 16.5. The molecule has 5 rings (SSSR count). The Kier molecular flexibility index (Phi) is 4.66. The number of para-hydroxylation sites is 1. The second kappa shape index (κ2) is 7.61. The number of aromatic nitrogens is 6. The number of hydrogen-bond acceptors (Lipinski definition) is 6. The first kappa shape index (κ1) is 17.8.